The van der Waals surface area contributed by atoms with Crippen LogP contribution in [0.15, 0.2) is 77.5 Å². The van der Waals surface area contributed by atoms with Gasteiger partial charge in [0.1, 0.15) is 11.8 Å². The van der Waals surface area contributed by atoms with Gasteiger partial charge in [-0.15, -0.1) is 0 Å². The van der Waals surface area contributed by atoms with E-state index >= 15 is 0 Å². The van der Waals surface area contributed by atoms with E-state index in [1.54, 1.807) is 0 Å². The van der Waals surface area contributed by atoms with Crippen LogP contribution in [0.3, 0.4) is 0 Å². The molecule has 0 radical (unpaired) electrons. The third kappa shape index (κ3) is 3.45. The fraction of sp³-hybridized carbons (Fsp3) is 0.250. The van der Waals surface area contributed by atoms with Crippen molar-refractivity contribution in [1.29, 1.82) is 0 Å². The second kappa shape index (κ2) is 7.08. The van der Waals surface area contributed by atoms with Gasteiger partial charge < -0.3 is 4.74 Å². The minimum absolute atomic E-state index is 0.0389. The van der Waals surface area contributed by atoms with E-state index < -0.39 is 0 Å². The number of rotatable bonds is 5. The summed E-state index contributed by atoms with van der Waals surface area (Å²) in [5.74, 6) is 1.76. The van der Waals surface area contributed by atoms with Crippen molar-refractivity contribution in [3.05, 3.63) is 83.6 Å². The maximum absolute atomic E-state index is 6.04. The van der Waals surface area contributed by atoms with E-state index in [2.05, 4.69) is 37.3 Å². The summed E-state index contributed by atoms with van der Waals surface area (Å²) in [6.07, 6.45) is 5.41. The van der Waals surface area contributed by atoms with Crippen LogP contribution in [0.5, 0.6) is 0 Å². The normalized spacial score (nSPS) is 17.4. The molecule has 2 nitrogen and oxygen atoms in total. The average Bonchev–Trinajstić information content (AvgIpc) is 2.61. The zero-order chi connectivity index (χ0) is 15.2. The Morgan fingerprint density at radius 3 is 2.32 bits per heavy atom. The molecule has 1 aliphatic heterocycles. The van der Waals surface area contributed by atoms with Crippen LogP contribution < -0.4 is 0 Å². The van der Waals surface area contributed by atoms with Crippen LogP contribution in [0.25, 0.3) is 0 Å². The second-order valence-corrected chi connectivity index (χ2v) is 5.49. The number of benzene rings is 2. The number of allylic oxidation sites excluding steroid dienone is 1. The zero-order valence-electron chi connectivity index (χ0n) is 12.9. The third-order valence-electron chi connectivity index (χ3n) is 3.77. The molecule has 2 aromatic carbocycles. The molecule has 2 aromatic rings. The number of aliphatic imine (C=N–C) groups is 1. The molecule has 0 bridgehead atoms. The second-order valence-electron chi connectivity index (χ2n) is 5.49. The molecule has 1 atom stereocenters. The lowest BCUT2D eigenvalue weighted by molar-refractivity contribution is 0.370. The Morgan fingerprint density at radius 2 is 1.64 bits per heavy atom. The van der Waals surface area contributed by atoms with E-state index in [0.717, 1.165) is 36.5 Å². The number of nitrogens with zero attached hydrogens (tertiary/aromatic N) is 1. The number of unbranched alkanes of at least 4 members (excludes halogenated alkanes) is 1. The smallest absolute Gasteiger partial charge is 0.222 e. The summed E-state index contributed by atoms with van der Waals surface area (Å²) >= 11 is 0. The summed E-state index contributed by atoms with van der Waals surface area (Å²) in [5, 5.41) is 0. The van der Waals surface area contributed by atoms with Gasteiger partial charge in [0.25, 0.3) is 0 Å². The zero-order valence-corrected chi connectivity index (χ0v) is 12.9. The molecule has 112 valence electrons. The first-order chi connectivity index (χ1) is 10.9. The molecule has 0 N–H and O–H groups in total. The summed E-state index contributed by atoms with van der Waals surface area (Å²) in [7, 11) is 0. The Kier molecular flexibility index (Phi) is 4.69. The maximum Gasteiger partial charge on any atom is 0.222 e. The van der Waals surface area contributed by atoms with Crippen LogP contribution in [-0.4, -0.2) is 5.90 Å². The van der Waals surface area contributed by atoms with Gasteiger partial charge in [0.15, 0.2) is 0 Å². The van der Waals surface area contributed by atoms with Gasteiger partial charge in [0.2, 0.25) is 5.90 Å². The van der Waals surface area contributed by atoms with Crippen LogP contribution in [0.1, 0.15) is 43.4 Å². The Balaban J connectivity index is 1.92. The SMILES string of the molecule is CCCCC1=CC(c2ccccc2)N=C(c2ccccc2)O1. The lowest BCUT2D eigenvalue weighted by Gasteiger charge is -2.21. The molecule has 0 aromatic heterocycles. The molecular weight excluding hydrogens is 270 g/mol. The van der Waals surface area contributed by atoms with E-state index in [9.17, 15) is 0 Å². The molecule has 1 aliphatic rings. The summed E-state index contributed by atoms with van der Waals surface area (Å²) in [6.45, 7) is 2.20. The van der Waals surface area contributed by atoms with E-state index in [4.69, 9.17) is 9.73 Å². The molecule has 3 rings (SSSR count). The highest BCUT2D eigenvalue weighted by Gasteiger charge is 2.19. The van der Waals surface area contributed by atoms with Crippen LogP contribution in [-0.2, 0) is 4.74 Å². The minimum Gasteiger partial charge on any atom is -0.443 e. The molecule has 0 aliphatic carbocycles. The predicted octanol–water partition coefficient (Wildman–Crippen LogP) is 5.28. The van der Waals surface area contributed by atoms with Crippen molar-refractivity contribution in [3.63, 3.8) is 0 Å². The number of ether oxygens (including phenoxy) is 1. The number of hydrogen-bond acceptors (Lipinski definition) is 2. The van der Waals surface area contributed by atoms with E-state index in [1.165, 1.54) is 5.56 Å². The van der Waals surface area contributed by atoms with E-state index in [0.29, 0.717) is 0 Å². The molecular formula is C20H21NO. The van der Waals surface area contributed by atoms with E-state index in [1.807, 2.05) is 36.4 Å². The summed E-state index contributed by atoms with van der Waals surface area (Å²) in [4.78, 5) is 4.80. The highest BCUT2D eigenvalue weighted by molar-refractivity contribution is 5.95. The average molecular weight is 291 g/mol. The predicted molar refractivity (Wildman–Crippen MR) is 90.9 cm³/mol. The quantitative estimate of drug-likeness (QED) is 0.734. The van der Waals surface area contributed by atoms with Crippen molar-refractivity contribution in [2.45, 2.75) is 32.2 Å². The largest absolute Gasteiger partial charge is 0.443 e. The monoisotopic (exact) mass is 291 g/mol. The highest BCUT2D eigenvalue weighted by Crippen LogP contribution is 2.28. The topological polar surface area (TPSA) is 21.6 Å². The Morgan fingerprint density at radius 1 is 0.955 bits per heavy atom. The molecule has 2 heteroatoms. The molecule has 0 spiro atoms. The van der Waals surface area contributed by atoms with Crippen molar-refractivity contribution in [1.82, 2.24) is 0 Å². The van der Waals surface area contributed by atoms with Gasteiger partial charge in [0, 0.05) is 12.0 Å². The first kappa shape index (κ1) is 14.6. The molecule has 0 saturated heterocycles. The fourth-order valence-electron chi connectivity index (χ4n) is 2.54. The van der Waals surface area contributed by atoms with Gasteiger partial charge >= 0.3 is 0 Å². The van der Waals surface area contributed by atoms with Crippen molar-refractivity contribution < 1.29 is 4.74 Å². The molecule has 0 amide bonds. The van der Waals surface area contributed by atoms with Crippen LogP contribution in [0.4, 0.5) is 0 Å². The van der Waals surface area contributed by atoms with Gasteiger partial charge in [-0.2, -0.15) is 0 Å². The van der Waals surface area contributed by atoms with Gasteiger partial charge in [-0.05, 0) is 30.2 Å². The Labute approximate surface area is 132 Å². The van der Waals surface area contributed by atoms with Gasteiger partial charge in [0.05, 0.1) is 0 Å². The lowest BCUT2D eigenvalue weighted by atomic mass is 10.0. The fourth-order valence-corrected chi connectivity index (χ4v) is 2.54. The molecule has 1 heterocycles. The molecule has 0 saturated carbocycles. The van der Waals surface area contributed by atoms with E-state index in [-0.39, 0.29) is 6.04 Å². The van der Waals surface area contributed by atoms with Crippen molar-refractivity contribution in [2.75, 3.05) is 0 Å². The summed E-state index contributed by atoms with van der Waals surface area (Å²) < 4.78 is 6.04. The Hall–Kier alpha value is -2.35. The molecule has 1 unspecified atom stereocenters. The molecule has 0 fully saturated rings. The van der Waals surface area contributed by atoms with Crippen LogP contribution in [0, 0.1) is 0 Å². The van der Waals surface area contributed by atoms with Crippen molar-refractivity contribution in [2.24, 2.45) is 4.99 Å². The van der Waals surface area contributed by atoms with Crippen molar-refractivity contribution in [3.8, 4) is 0 Å². The number of hydrogen-bond donors (Lipinski definition) is 0. The van der Waals surface area contributed by atoms with Gasteiger partial charge in [-0.3, -0.25) is 0 Å². The third-order valence-corrected chi connectivity index (χ3v) is 3.77. The van der Waals surface area contributed by atoms with Crippen LogP contribution in [0.2, 0.25) is 0 Å². The van der Waals surface area contributed by atoms with Gasteiger partial charge in [-0.1, -0.05) is 61.9 Å². The minimum atomic E-state index is 0.0389. The first-order valence-corrected chi connectivity index (χ1v) is 7.93. The molecule has 22 heavy (non-hydrogen) atoms. The lowest BCUT2D eigenvalue weighted by Crippen LogP contribution is -2.14. The maximum atomic E-state index is 6.04. The first-order valence-electron chi connectivity index (χ1n) is 7.93. The van der Waals surface area contributed by atoms with Crippen LogP contribution >= 0.6 is 0 Å². The standard InChI is InChI=1S/C20H21NO/c1-2-3-14-18-15-19(16-10-6-4-7-11-16)21-20(22-18)17-12-8-5-9-13-17/h4-13,15,19H,2-3,14H2,1H3. The van der Waals surface area contributed by atoms with Gasteiger partial charge in [-0.25, -0.2) is 4.99 Å². The Bertz CT molecular complexity index is 659. The summed E-state index contributed by atoms with van der Waals surface area (Å²) in [5.41, 5.74) is 2.23. The highest BCUT2D eigenvalue weighted by atomic mass is 16.5. The summed E-state index contributed by atoms with van der Waals surface area (Å²) in [6, 6.07) is 20.6. The van der Waals surface area contributed by atoms with Crippen molar-refractivity contribution >= 4 is 5.90 Å².